The summed E-state index contributed by atoms with van der Waals surface area (Å²) in [6, 6.07) is 10.1. The van der Waals surface area contributed by atoms with Gasteiger partial charge in [-0.2, -0.15) is 5.26 Å². The largest absolute Gasteiger partial charge is 0.329 e. The van der Waals surface area contributed by atoms with Crippen molar-refractivity contribution in [2.24, 2.45) is 0 Å². The molecule has 2 rings (SSSR count). The van der Waals surface area contributed by atoms with Crippen LogP contribution in [0.1, 0.15) is 50.5 Å². The van der Waals surface area contributed by atoms with Crippen molar-refractivity contribution in [2.75, 3.05) is 19.6 Å². The first kappa shape index (κ1) is 21.7. The lowest BCUT2D eigenvalue weighted by Gasteiger charge is -2.19. The Labute approximate surface area is 174 Å². The molecule has 0 aliphatic carbocycles. The summed E-state index contributed by atoms with van der Waals surface area (Å²) in [7, 11) is 0. The number of halogens is 1. The molecule has 0 unspecified atom stereocenters. The highest BCUT2D eigenvalue weighted by Crippen LogP contribution is 2.27. The van der Waals surface area contributed by atoms with Crippen molar-refractivity contribution in [2.45, 2.75) is 45.4 Å². The van der Waals surface area contributed by atoms with Crippen molar-refractivity contribution >= 4 is 33.0 Å². The molecule has 0 aliphatic heterocycles. The van der Waals surface area contributed by atoms with E-state index in [4.69, 9.17) is 0 Å². The van der Waals surface area contributed by atoms with Gasteiger partial charge in [-0.05, 0) is 25.0 Å². The summed E-state index contributed by atoms with van der Waals surface area (Å²) in [4.78, 5) is 18.7. The number of benzene rings is 1. The van der Waals surface area contributed by atoms with Crippen LogP contribution >= 0.6 is 27.3 Å². The first-order chi connectivity index (χ1) is 13.1. The smallest absolute Gasteiger partial charge is 0.210 e. The van der Waals surface area contributed by atoms with Gasteiger partial charge in [0.05, 0.1) is 24.9 Å². The Balaban J connectivity index is 2.09. The molecule has 0 aliphatic rings. The molecular formula is C21H27BrN3OS+. The zero-order valence-electron chi connectivity index (χ0n) is 16.0. The minimum atomic E-state index is -0.766. The quantitative estimate of drug-likeness (QED) is 0.559. The van der Waals surface area contributed by atoms with Crippen molar-refractivity contribution in [3.05, 3.63) is 39.1 Å². The van der Waals surface area contributed by atoms with Gasteiger partial charge < -0.3 is 4.90 Å². The topological polar surface area (TPSA) is 58.2 Å². The van der Waals surface area contributed by atoms with Gasteiger partial charge in [-0.1, -0.05) is 54.8 Å². The highest BCUT2D eigenvalue weighted by atomic mass is 79.9. The number of carbonyl (C=O) groups excluding carboxylic acids is 1. The van der Waals surface area contributed by atoms with Gasteiger partial charge in [0, 0.05) is 15.4 Å². The highest BCUT2D eigenvalue weighted by molar-refractivity contribution is 9.10. The van der Waals surface area contributed by atoms with E-state index >= 15 is 0 Å². The number of ketones is 1. The summed E-state index contributed by atoms with van der Waals surface area (Å²) in [6.07, 6.45) is 4.45. The van der Waals surface area contributed by atoms with E-state index in [2.05, 4.69) is 40.8 Å². The molecule has 1 aromatic heterocycles. The molecule has 6 heteroatoms. The van der Waals surface area contributed by atoms with Gasteiger partial charge in [-0.25, -0.2) is 4.98 Å². The molecule has 144 valence electrons. The van der Waals surface area contributed by atoms with E-state index in [0.29, 0.717) is 11.6 Å². The number of unbranched alkanes of at least 4 members (excludes halogenated alkanes) is 2. The molecule has 1 heterocycles. The van der Waals surface area contributed by atoms with Gasteiger partial charge in [0.2, 0.25) is 5.78 Å². The SMILES string of the molecule is CCCC[NH+](CCCC)CC(=O)[C@H](C#N)c1nc(-c2ccc(Br)cc2)cs1. The van der Waals surface area contributed by atoms with E-state index in [1.807, 2.05) is 29.6 Å². The number of quaternary nitrogens is 1. The molecule has 0 fully saturated rings. The molecule has 1 N–H and O–H groups in total. The van der Waals surface area contributed by atoms with Crippen LogP contribution in [0.4, 0.5) is 0 Å². The molecule has 0 bridgehead atoms. The molecule has 27 heavy (non-hydrogen) atoms. The highest BCUT2D eigenvalue weighted by Gasteiger charge is 2.27. The van der Waals surface area contributed by atoms with Crippen LogP contribution in [-0.4, -0.2) is 30.4 Å². The molecular weight excluding hydrogens is 422 g/mol. The molecule has 2 aromatic rings. The summed E-state index contributed by atoms with van der Waals surface area (Å²) in [5, 5.41) is 12.1. The van der Waals surface area contributed by atoms with Gasteiger partial charge >= 0.3 is 0 Å². The third-order valence-electron chi connectivity index (χ3n) is 4.55. The number of thiazole rings is 1. The van der Waals surface area contributed by atoms with E-state index in [9.17, 15) is 10.1 Å². The van der Waals surface area contributed by atoms with Crippen molar-refractivity contribution in [3.8, 4) is 17.3 Å². The summed E-state index contributed by atoms with van der Waals surface area (Å²) in [5.41, 5.74) is 1.81. The lowest BCUT2D eigenvalue weighted by molar-refractivity contribution is -0.892. The number of nitriles is 1. The zero-order valence-corrected chi connectivity index (χ0v) is 18.4. The van der Waals surface area contributed by atoms with Crippen molar-refractivity contribution in [1.29, 1.82) is 5.26 Å². The normalized spacial score (nSPS) is 12.1. The maximum Gasteiger partial charge on any atom is 0.210 e. The number of Topliss-reactive ketones (excluding diaryl/α,β-unsaturated/α-hetero) is 1. The average Bonchev–Trinajstić information content (AvgIpc) is 3.14. The Morgan fingerprint density at radius 1 is 1.22 bits per heavy atom. The number of hydrogen-bond donors (Lipinski definition) is 1. The fourth-order valence-corrected chi connectivity index (χ4v) is 4.10. The summed E-state index contributed by atoms with van der Waals surface area (Å²) in [5.74, 6) is -0.783. The third kappa shape index (κ3) is 6.53. The maximum absolute atomic E-state index is 12.8. The Hall–Kier alpha value is -1.55. The zero-order chi connectivity index (χ0) is 19.6. The van der Waals surface area contributed by atoms with Crippen LogP contribution in [0.2, 0.25) is 0 Å². The number of hydrogen-bond acceptors (Lipinski definition) is 4. The van der Waals surface area contributed by atoms with Gasteiger partial charge in [0.25, 0.3) is 0 Å². The van der Waals surface area contributed by atoms with Gasteiger partial charge in [-0.15, -0.1) is 11.3 Å². The van der Waals surface area contributed by atoms with Crippen molar-refractivity contribution < 1.29 is 9.69 Å². The molecule has 0 radical (unpaired) electrons. The van der Waals surface area contributed by atoms with E-state index < -0.39 is 5.92 Å². The second-order valence-electron chi connectivity index (χ2n) is 6.74. The second kappa shape index (κ2) is 11.3. The van der Waals surface area contributed by atoms with E-state index in [1.165, 1.54) is 16.2 Å². The van der Waals surface area contributed by atoms with Gasteiger partial charge in [-0.3, -0.25) is 4.79 Å². The number of carbonyl (C=O) groups is 1. The Kier molecular flexibility index (Phi) is 9.12. The summed E-state index contributed by atoms with van der Waals surface area (Å²) < 4.78 is 1.01. The van der Waals surface area contributed by atoms with Crippen LogP contribution in [0.25, 0.3) is 11.3 Å². The lowest BCUT2D eigenvalue weighted by Crippen LogP contribution is -3.13. The Bertz CT molecular complexity index is 758. The Morgan fingerprint density at radius 2 is 1.85 bits per heavy atom. The second-order valence-corrected chi connectivity index (χ2v) is 8.55. The number of nitrogens with zero attached hydrogens (tertiary/aromatic N) is 2. The number of aromatic nitrogens is 1. The van der Waals surface area contributed by atoms with Crippen molar-refractivity contribution in [1.82, 2.24) is 4.98 Å². The average molecular weight is 449 g/mol. The molecule has 1 atom stereocenters. The predicted molar refractivity (Wildman–Crippen MR) is 114 cm³/mol. The van der Waals surface area contributed by atoms with Crippen LogP contribution in [0.3, 0.4) is 0 Å². The predicted octanol–water partition coefficient (Wildman–Crippen LogP) is 4.23. The third-order valence-corrected chi connectivity index (χ3v) is 5.99. The van der Waals surface area contributed by atoms with Crippen LogP contribution in [0.15, 0.2) is 34.1 Å². The summed E-state index contributed by atoms with van der Waals surface area (Å²) in [6.45, 7) is 6.71. The number of nitrogens with one attached hydrogen (secondary N) is 1. The lowest BCUT2D eigenvalue weighted by atomic mass is 10.1. The van der Waals surface area contributed by atoms with Crippen molar-refractivity contribution in [3.63, 3.8) is 0 Å². The first-order valence-electron chi connectivity index (χ1n) is 9.56. The number of rotatable bonds is 11. The molecule has 4 nitrogen and oxygen atoms in total. The Morgan fingerprint density at radius 3 is 2.41 bits per heavy atom. The minimum absolute atomic E-state index is 0.0172. The van der Waals surface area contributed by atoms with E-state index in [1.54, 1.807) is 0 Å². The van der Waals surface area contributed by atoms with Crippen LogP contribution in [0, 0.1) is 11.3 Å². The van der Waals surface area contributed by atoms with Gasteiger partial charge in [0.15, 0.2) is 5.92 Å². The standard InChI is InChI=1S/C21H26BrN3OS/c1-3-5-11-25(12-6-4-2)14-20(26)18(13-23)21-24-19(15-27-21)16-7-9-17(22)10-8-16/h7-10,15,18H,3-6,11-12,14H2,1-2H3/p+1/t18-/m0/s1. The van der Waals surface area contributed by atoms with Crippen LogP contribution < -0.4 is 4.90 Å². The molecule has 1 aromatic carbocycles. The summed E-state index contributed by atoms with van der Waals surface area (Å²) >= 11 is 4.82. The first-order valence-corrected chi connectivity index (χ1v) is 11.2. The molecule has 0 amide bonds. The molecule has 0 saturated carbocycles. The van der Waals surface area contributed by atoms with Crippen LogP contribution in [0.5, 0.6) is 0 Å². The molecule has 0 spiro atoms. The fourth-order valence-electron chi connectivity index (χ4n) is 2.94. The van der Waals surface area contributed by atoms with E-state index in [0.717, 1.165) is 54.5 Å². The molecule has 0 saturated heterocycles. The van der Waals surface area contributed by atoms with Gasteiger partial charge in [0.1, 0.15) is 11.6 Å². The minimum Gasteiger partial charge on any atom is -0.329 e. The maximum atomic E-state index is 12.8. The van der Waals surface area contributed by atoms with Crippen LogP contribution in [-0.2, 0) is 4.79 Å². The monoisotopic (exact) mass is 448 g/mol. The van der Waals surface area contributed by atoms with E-state index in [-0.39, 0.29) is 5.78 Å². The fraction of sp³-hybridized carbons (Fsp3) is 0.476.